The van der Waals surface area contributed by atoms with Crippen LogP contribution in [0.25, 0.3) is 0 Å². The van der Waals surface area contributed by atoms with Crippen molar-refractivity contribution in [2.24, 2.45) is 0 Å². The number of hydrogen-bond donors (Lipinski definition) is 0. The number of carbonyl (C=O) groups excluding carboxylic acids is 1. The molecule has 2 aromatic rings. The summed E-state index contributed by atoms with van der Waals surface area (Å²) in [5, 5.41) is 0.0906. The number of aryl methyl sites for hydroxylation is 1. The van der Waals surface area contributed by atoms with Crippen molar-refractivity contribution in [3.05, 3.63) is 69.0 Å². The van der Waals surface area contributed by atoms with Gasteiger partial charge in [-0.3, -0.25) is 4.79 Å². The molecule has 0 aliphatic heterocycles. The van der Waals surface area contributed by atoms with Crippen LogP contribution >= 0.6 is 11.6 Å². The molecular weight excluding hydrogens is 315 g/mol. The first-order chi connectivity index (χ1) is 9.75. The van der Waals surface area contributed by atoms with E-state index >= 15 is 0 Å². The van der Waals surface area contributed by atoms with E-state index in [1.54, 1.807) is 0 Å². The third-order valence-corrected chi connectivity index (χ3v) is 3.12. The molecule has 0 aliphatic carbocycles. The minimum Gasteiger partial charge on any atom is -0.288 e. The Morgan fingerprint density at radius 1 is 0.905 bits per heavy atom. The minimum atomic E-state index is -2.32. The maximum absolute atomic E-state index is 13.6. The van der Waals surface area contributed by atoms with E-state index in [4.69, 9.17) is 11.6 Å². The van der Waals surface area contributed by atoms with E-state index in [0.29, 0.717) is 0 Å². The van der Waals surface area contributed by atoms with Crippen LogP contribution in [-0.4, -0.2) is 5.78 Å². The maximum atomic E-state index is 13.6. The van der Waals surface area contributed by atoms with Gasteiger partial charge < -0.3 is 0 Å². The molecule has 0 fully saturated rings. The molecule has 2 rings (SSSR count). The van der Waals surface area contributed by atoms with Crippen LogP contribution in [0.15, 0.2) is 18.2 Å². The first-order valence-electron chi connectivity index (χ1n) is 5.58. The number of benzene rings is 2. The number of rotatable bonds is 2. The van der Waals surface area contributed by atoms with Crippen LogP contribution in [0.1, 0.15) is 21.5 Å². The molecule has 0 spiro atoms. The van der Waals surface area contributed by atoms with Gasteiger partial charge in [0.25, 0.3) is 0 Å². The Morgan fingerprint density at radius 2 is 1.38 bits per heavy atom. The van der Waals surface area contributed by atoms with Crippen molar-refractivity contribution < 1.29 is 26.7 Å². The smallest absolute Gasteiger partial charge is 0.200 e. The average Bonchev–Trinajstić information content (AvgIpc) is 2.45. The standard InChI is InChI=1S/C14H6ClF5O/c1-5-2-3-6(15)4-7(5)14(21)8-9(16)11(18)13(20)12(19)10(8)17/h2-4H,1H3. The van der Waals surface area contributed by atoms with Gasteiger partial charge in [0, 0.05) is 10.6 Å². The summed E-state index contributed by atoms with van der Waals surface area (Å²) < 4.78 is 66.4. The van der Waals surface area contributed by atoms with Crippen molar-refractivity contribution in [3.63, 3.8) is 0 Å². The van der Waals surface area contributed by atoms with Gasteiger partial charge in [-0.15, -0.1) is 0 Å². The second kappa shape index (κ2) is 5.44. The largest absolute Gasteiger partial charge is 0.288 e. The van der Waals surface area contributed by atoms with Crippen molar-refractivity contribution in [3.8, 4) is 0 Å². The SMILES string of the molecule is Cc1ccc(Cl)cc1C(=O)c1c(F)c(F)c(F)c(F)c1F. The van der Waals surface area contributed by atoms with E-state index in [1.165, 1.54) is 19.1 Å². The molecule has 0 atom stereocenters. The van der Waals surface area contributed by atoms with Gasteiger partial charge in [0.1, 0.15) is 5.56 Å². The van der Waals surface area contributed by atoms with Crippen molar-refractivity contribution in [1.82, 2.24) is 0 Å². The van der Waals surface area contributed by atoms with E-state index in [9.17, 15) is 26.7 Å². The van der Waals surface area contributed by atoms with E-state index in [0.717, 1.165) is 6.07 Å². The molecule has 0 radical (unpaired) electrons. The maximum Gasteiger partial charge on any atom is 0.200 e. The Balaban J connectivity index is 2.73. The fourth-order valence-electron chi connectivity index (χ4n) is 1.78. The molecule has 0 amide bonds. The first kappa shape index (κ1) is 15.4. The third kappa shape index (κ3) is 2.51. The van der Waals surface area contributed by atoms with Crippen molar-refractivity contribution in [1.29, 1.82) is 0 Å². The molecule has 0 aliphatic rings. The zero-order chi connectivity index (χ0) is 15.9. The van der Waals surface area contributed by atoms with Crippen molar-refractivity contribution in [2.45, 2.75) is 6.92 Å². The molecule has 0 saturated carbocycles. The number of ketones is 1. The molecule has 110 valence electrons. The third-order valence-electron chi connectivity index (χ3n) is 2.88. The Bertz CT molecular complexity index is 729. The predicted molar refractivity (Wildman–Crippen MR) is 65.9 cm³/mol. The molecule has 0 unspecified atom stereocenters. The van der Waals surface area contributed by atoms with Gasteiger partial charge in [-0.1, -0.05) is 17.7 Å². The van der Waals surface area contributed by atoms with Gasteiger partial charge in [0.15, 0.2) is 29.1 Å². The summed E-state index contributed by atoms with van der Waals surface area (Å²) >= 11 is 5.67. The van der Waals surface area contributed by atoms with Gasteiger partial charge in [0.2, 0.25) is 5.82 Å². The van der Waals surface area contributed by atoms with Gasteiger partial charge in [-0.25, -0.2) is 22.0 Å². The fourth-order valence-corrected chi connectivity index (χ4v) is 1.95. The monoisotopic (exact) mass is 320 g/mol. The van der Waals surface area contributed by atoms with Crippen LogP contribution < -0.4 is 0 Å². The summed E-state index contributed by atoms with van der Waals surface area (Å²) in [5.74, 6) is -12.3. The zero-order valence-electron chi connectivity index (χ0n) is 10.4. The highest BCUT2D eigenvalue weighted by Gasteiger charge is 2.30. The van der Waals surface area contributed by atoms with Gasteiger partial charge in [-0.2, -0.15) is 0 Å². The van der Waals surface area contributed by atoms with Crippen LogP contribution in [0.2, 0.25) is 5.02 Å². The van der Waals surface area contributed by atoms with Gasteiger partial charge >= 0.3 is 0 Å². The van der Waals surface area contributed by atoms with Crippen LogP contribution in [0.4, 0.5) is 22.0 Å². The molecule has 21 heavy (non-hydrogen) atoms. The van der Waals surface area contributed by atoms with Gasteiger partial charge in [0.05, 0.1) is 0 Å². The second-order valence-electron chi connectivity index (χ2n) is 4.23. The van der Waals surface area contributed by atoms with Crippen molar-refractivity contribution in [2.75, 3.05) is 0 Å². The summed E-state index contributed by atoms with van der Waals surface area (Å²) in [7, 11) is 0. The lowest BCUT2D eigenvalue weighted by atomic mass is 9.98. The highest BCUT2D eigenvalue weighted by Crippen LogP contribution is 2.27. The number of hydrogen-bond acceptors (Lipinski definition) is 1. The highest BCUT2D eigenvalue weighted by atomic mass is 35.5. The Hall–Kier alpha value is -1.95. The molecule has 0 N–H and O–H groups in total. The highest BCUT2D eigenvalue weighted by molar-refractivity contribution is 6.31. The topological polar surface area (TPSA) is 17.1 Å². The lowest BCUT2D eigenvalue weighted by Crippen LogP contribution is -2.14. The summed E-state index contributed by atoms with van der Waals surface area (Å²) in [5.41, 5.74) is -1.46. The lowest BCUT2D eigenvalue weighted by Gasteiger charge is -2.09. The number of carbonyl (C=O) groups is 1. The summed E-state index contributed by atoms with van der Waals surface area (Å²) in [6.45, 7) is 1.44. The minimum absolute atomic E-state index is 0.0906. The summed E-state index contributed by atoms with van der Waals surface area (Å²) in [4.78, 5) is 12.1. The lowest BCUT2D eigenvalue weighted by molar-refractivity contribution is 0.102. The van der Waals surface area contributed by atoms with Crippen LogP contribution in [0.5, 0.6) is 0 Å². The Morgan fingerprint density at radius 3 is 1.90 bits per heavy atom. The van der Waals surface area contributed by atoms with Crippen LogP contribution in [0.3, 0.4) is 0 Å². The van der Waals surface area contributed by atoms with Crippen LogP contribution in [0, 0.1) is 36.0 Å². The van der Waals surface area contributed by atoms with E-state index in [2.05, 4.69) is 0 Å². The average molecular weight is 321 g/mol. The van der Waals surface area contributed by atoms with Gasteiger partial charge in [-0.05, 0) is 24.6 Å². The quantitative estimate of drug-likeness (QED) is 0.343. The normalized spacial score (nSPS) is 10.8. The molecular formula is C14H6ClF5O. The van der Waals surface area contributed by atoms with E-state index in [1.807, 2.05) is 0 Å². The van der Waals surface area contributed by atoms with Crippen LogP contribution in [-0.2, 0) is 0 Å². The molecule has 2 aromatic carbocycles. The predicted octanol–water partition coefficient (Wildman–Crippen LogP) is 4.57. The number of halogens is 6. The Kier molecular flexibility index (Phi) is 4.00. The molecule has 0 aromatic heterocycles. The molecule has 0 bridgehead atoms. The molecule has 0 heterocycles. The molecule has 1 nitrogen and oxygen atoms in total. The molecule has 0 saturated heterocycles. The van der Waals surface area contributed by atoms with Crippen molar-refractivity contribution >= 4 is 17.4 Å². The summed E-state index contributed by atoms with van der Waals surface area (Å²) in [6.07, 6.45) is 0. The zero-order valence-corrected chi connectivity index (χ0v) is 11.2. The summed E-state index contributed by atoms with van der Waals surface area (Å²) in [6, 6.07) is 3.91. The van der Waals surface area contributed by atoms with E-state index in [-0.39, 0.29) is 16.1 Å². The Labute approximate surface area is 121 Å². The molecule has 7 heteroatoms. The van der Waals surface area contributed by atoms with E-state index < -0.39 is 40.4 Å². The second-order valence-corrected chi connectivity index (χ2v) is 4.67. The first-order valence-corrected chi connectivity index (χ1v) is 5.95. The fraction of sp³-hybridized carbons (Fsp3) is 0.0714.